The molecule has 0 amide bonds. The fraction of sp³-hybridized carbons (Fsp3) is 0.529. The highest BCUT2D eigenvalue weighted by atomic mass is 16.5. The van der Waals surface area contributed by atoms with Crippen molar-refractivity contribution in [1.29, 1.82) is 0 Å². The maximum absolute atomic E-state index is 6.09. The topological polar surface area (TPSA) is 34.4 Å². The van der Waals surface area contributed by atoms with Crippen molar-refractivity contribution >= 4 is 11.0 Å². The molecule has 0 aliphatic heterocycles. The number of furan rings is 1. The van der Waals surface area contributed by atoms with E-state index in [0.717, 1.165) is 36.5 Å². The SMILES string of the molecule is CCCNC(C)c1oc2c(OC)cc(CC)cc2c1C. The Morgan fingerprint density at radius 2 is 2.05 bits per heavy atom. The molecule has 3 nitrogen and oxygen atoms in total. The average molecular weight is 275 g/mol. The van der Waals surface area contributed by atoms with E-state index in [9.17, 15) is 0 Å². The summed E-state index contributed by atoms with van der Waals surface area (Å²) in [5.41, 5.74) is 3.35. The Labute approximate surface area is 121 Å². The van der Waals surface area contributed by atoms with Crippen LogP contribution in [0.15, 0.2) is 16.5 Å². The Morgan fingerprint density at radius 1 is 1.30 bits per heavy atom. The van der Waals surface area contributed by atoms with Crippen LogP contribution < -0.4 is 10.1 Å². The summed E-state index contributed by atoms with van der Waals surface area (Å²) in [4.78, 5) is 0. The molecule has 3 heteroatoms. The summed E-state index contributed by atoms with van der Waals surface area (Å²) in [6.45, 7) is 9.59. The van der Waals surface area contributed by atoms with E-state index >= 15 is 0 Å². The van der Waals surface area contributed by atoms with E-state index in [2.05, 4.69) is 45.1 Å². The second kappa shape index (κ2) is 6.31. The van der Waals surface area contributed by atoms with Crippen LogP contribution in [0.5, 0.6) is 5.75 Å². The number of benzene rings is 1. The first-order chi connectivity index (χ1) is 9.62. The van der Waals surface area contributed by atoms with Gasteiger partial charge in [-0.2, -0.15) is 0 Å². The lowest BCUT2D eigenvalue weighted by molar-refractivity contribution is 0.399. The van der Waals surface area contributed by atoms with Crippen molar-refractivity contribution in [3.63, 3.8) is 0 Å². The van der Waals surface area contributed by atoms with Crippen molar-refractivity contribution in [3.8, 4) is 5.75 Å². The van der Waals surface area contributed by atoms with E-state index in [1.54, 1.807) is 7.11 Å². The average Bonchev–Trinajstić information content (AvgIpc) is 2.81. The zero-order valence-corrected chi connectivity index (χ0v) is 13.2. The van der Waals surface area contributed by atoms with Gasteiger partial charge in [0, 0.05) is 10.9 Å². The van der Waals surface area contributed by atoms with Gasteiger partial charge in [0.25, 0.3) is 0 Å². The molecule has 1 heterocycles. The third-order valence-corrected chi connectivity index (χ3v) is 3.82. The molecule has 1 unspecified atom stereocenters. The predicted molar refractivity (Wildman–Crippen MR) is 83.6 cm³/mol. The first kappa shape index (κ1) is 14.9. The maximum Gasteiger partial charge on any atom is 0.176 e. The zero-order valence-electron chi connectivity index (χ0n) is 13.2. The lowest BCUT2D eigenvalue weighted by atomic mass is 10.0. The van der Waals surface area contributed by atoms with Gasteiger partial charge >= 0.3 is 0 Å². The minimum absolute atomic E-state index is 0.220. The largest absolute Gasteiger partial charge is 0.493 e. The van der Waals surface area contributed by atoms with Crippen LogP contribution in [0.1, 0.15) is 50.1 Å². The van der Waals surface area contributed by atoms with E-state index in [0.29, 0.717) is 0 Å². The van der Waals surface area contributed by atoms with Crippen LogP contribution in [-0.2, 0) is 6.42 Å². The number of hydrogen-bond donors (Lipinski definition) is 1. The molecule has 2 rings (SSSR count). The summed E-state index contributed by atoms with van der Waals surface area (Å²) < 4.78 is 11.6. The third-order valence-electron chi connectivity index (χ3n) is 3.82. The number of nitrogens with one attached hydrogen (secondary N) is 1. The van der Waals surface area contributed by atoms with Gasteiger partial charge in [-0.15, -0.1) is 0 Å². The van der Waals surface area contributed by atoms with Crippen LogP contribution in [0, 0.1) is 6.92 Å². The van der Waals surface area contributed by atoms with E-state index in [4.69, 9.17) is 9.15 Å². The maximum atomic E-state index is 6.09. The molecule has 20 heavy (non-hydrogen) atoms. The van der Waals surface area contributed by atoms with Gasteiger partial charge in [0.2, 0.25) is 0 Å². The van der Waals surface area contributed by atoms with Crippen molar-refractivity contribution in [2.75, 3.05) is 13.7 Å². The third kappa shape index (κ3) is 2.68. The van der Waals surface area contributed by atoms with Gasteiger partial charge in [-0.1, -0.05) is 13.8 Å². The van der Waals surface area contributed by atoms with Crippen molar-refractivity contribution in [1.82, 2.24) is 5.32 Å². The van der Waals surface area contributed by atoms with Gasteiger partial charge in [0.15, 0.2) is 11.3 Å². The molecule has 0 aliphatic rings. The number of hydrogen-bond acceptors (Lipinski definition) is 3. The molecule has 1 N–H and O–H groups in total. The van der Waals surface area contributed by atoms with E-state index in [-0.39, 0.29) is 6.04 Å². The Hall–Kier alpha value is -1.48. The second-order valence-corrected chi connectivity index (χ2v) is 5.30. The molecule has 0 spiro atoms. The smallest absolute Gasteiger partial charge is 0.176 e. The van der Waals surface area contributed by atoms with Crippen LogP contribution in [-0.4, -0.2) is 13.7 Å². The molecule has 0 fully saturated rings. The highest BCUT2D eigenvalue weighted by Gasteiger charge is 2.19. The first-order valence-electron chi connectivity index (χ1n) is 7.45. The molecule has 1 atom stereocenters. The Balaban J connectivity index is 2.51. The second-order valence-electron chi connectivity index (χ2n) is 5.30. The quantitative estimate of drug-likeness (QED) is 0.850. The first-order valence-corrected chi connectivity index (χ1v) is 7.45. The summed E-state index contributed by atoms with van der Waals surface area (Å²) in [5.74, 6) is 1.84. The number of rotatable bonds is 6. The summed E-state index contributed by atoms with van der Waals surface area (Å²) in [6, 6.07) is 4.50. The van der Waals surface area contributed by atoms with Gasteiger partial charge in [-0.05, 0) is 50.9 Å². The fourth-order valence-electron chi connectivity index (χ4n) is 2.58. The van der Waals surface area contributed by atoms with Crippen molar-refractivity contribution < 1.29 is 9.15 Å². The Morgan fingerprint density at radius 3 is 2.65 bits per heavy atom. The number of methoxy groups -OCH3 is 1. The lowest BCUT2D eigenvalue weighted by Gasteiger charge is -2.11. The van der Waals surface area contributed by atoms with Gasteiger partial charge in [-0.25, -0.2) is 0 Å². The number of fused-ring (bicyclic) bond motifs is 1. The van der Waals surface area contributed by atoms with Gasteiger partial charge in [-0.3, -0.25) is 0 Å². The lowest BCUT2D eigenvalue weighted by Crippen LogP contribution is -2.19. The van der Waals surface area contributed by atoms with Crippen LogP contribution in [0.4, 0.5) is 0 Å². The van der Waals surface area contributed by atoms with Gasteiger partial charge < -0.3 is 14.5 Å². The highest BCUT2D eigenvalue weighted by Crippen LogP contribution is 2.36. The summed E-state index contributed by atoms with van der Waals surface area (Å²) in [5, 5.41) is 4.65. The molecule has 0 saturated heterocycles. The standard InChI is InChI=1S/C17H25NO2/c1-6-8-18-12(4)16-11(3)14-9-13(7-2)10-15(19-5)17(14)20-16/h9-10,12,18H,6-8H2,1-5H3. The summed E-state index contributed by atoms with van der Waals surface area (Å²) in [7, 11) is 1.70. The van der Waals surface area contributed by atoms with Crippen LogP contribution in [0.3, 0.4) is 0 Å². The minimum atomic E-state index is 0.220. The summed E-state index contributed by atoms with van der Waals surface area (Å²) in [6.07, 6.45) is 2.11. The molecule has 0 radical (unpaired) electrons. The molecule has 110 valence electrons. The van der Waals surface area contributed by atoms with E-state index < -0.39 is 0 Å². The monoisotopic (exact) mass is 275 g/mol. The molecule has 0 bridgehead atoms. The van der Waals surface area contributed by atoms with Gasteiger partial charge in [0.05, 0.1) is 13.2 Å². The van der Waals surface area contributed by atoms with Crippen LogP contribution in [0.25, 0.3) is 11.0 Å². The normalized spacial score (nSPS) is 12.8. The van der Waals surface area contributed by atoms with E-state index in [1.165, 1.54) is 16.5 Å². The predicted octanol–water partition coefficient (Wildman–Crippen LogP) is 4.37. The number of ether oxygens (including phenoxy) is 1. The zero-order chi connectivity index (χ0) is 14.7. The summed E-state index contributed by atoms with van der Waals surface area (Å²) >= 11 is 0. The molecular weight excluding hydrogens is 250 g/mol. The van der Waals surface area contributed by atoms with E-state index in [1.807, 2.05) is 0 Å². The van der Waals surface area contributed by atoms with Crippen LogP contribution in [0.2, 0.25) is 0 Å². The minimum Gasteiger partial charge on any atom is -0.493 e. The van der Waals surface area contributed by atoms with Gasteiger partial charge in [0.1, 0.15) is 5.76 Å². The van der Waals surface area contributed by atoms with Crippen molar-refractivity contribution in [2.24, 2.45) is 0 Å². The molecule has 1 aromatic heterocycles. The van der Waals surface area contributed by atoms with Crippen LogP contribution >= 0.6 is 0 Å². The Kier molecular flexibility index (Phi) is 4.71. The number of aryl methyl sites for hydroxylation is 2. The molecule has 2 aromatic rings. The Bertz CT molecular complexity index is 586. The molecule has 0 aliphatic carbocycles. The molecule has 0 saturated carbocycles. The van der Waals surface area contributed by atoms with Crippen molar-refractivity contribution in [2.45, 2.75) is 46.6 Å². The molecule has 1 aromatic carbocycles. The molecular formula is C17H25NO2. The van der Waals surface area contributed by atoms with Crippen molar-refractivity contribution in [3.05, 3.63) is 29.0 Å². The fourth-order valence-corrected chi connectivity index (χ4v) is 2.58. The highest BCUT2D eigenvalue weighted by molar-refractivity contribution is 5.88.